The fourth-order valence-electron chi connectivity index (χ4n) is 3.17. The smallest absolute Gasteiger partial charge is 0.251 e. The fraction of sp³-hybridized carbons (Fsp3) is 0.786. The van der Waals surface area contributed by atoms with Crippen molar-refractivity contribution in [1.29, 1.82) is 0 Å². The number of amides is 1. The molecule has 0 spiro atoms. The number of nitrogens with zero attached hydrogens (tertiary/aromatic N) is 4. The zero-order valence-corrected chi connectivity index (χ0v) is 11.6. The maximum absolute atomic E-state index is 12.3. The molecular formula is C14H20N4O2. The zero-order chi connectivity index (χ0) is 13.5. The molecular weight excluding hydrogens is 256 g/mol. The van der Waals surface area contributed by atoms with Gasteiger partial charge in [0.2, 0.25) is 0 Å². The molecule has 20 heavy (non-hydrogen) atoms. The fourth-order valence-corrected chi connectivity index (χ4v) is 3.17. The van der Waals surface area contributed by atoms with Crippen molar-refractivity contribution in [3.63, 3.8) is 0 Å². The summed E-state index contributed by atoms with van der Waals surface area (Å²) in [6.45, 7) is 2.27. The van der Waals surface area contributed by atoms with E-state index in [2.05, 4.69) is 16.5 Å². The van der Waals surface area contributed by atoms with Crippen molar-refractivity contribution in [2.24, 2.45) is 0 Å². The largest absolute Gasteiger partial charge is 0.368 e. The number of hydrogen-bond donors (Lipinski definition) is 0. The van der Waals surface area contributed by atoms with Crippen molar-refractivity contribution >= 4 is 5.91 Å². The van der Waals surface area contributed by atoms with E-state index in [0.29, 0.717) is 5.92 Å². The second kappa shape index (κ2) is 4.84. The van der Waals surface area contributed by atoms with Gasteiger partial charge < -0.3 is 9.64 Å². The maximum Gasteiger partial charge on any atom is 0.251 e. The quantitative estimate of drug-likeness (QED) is 0.829. The standard InChI is InChI=1S/C14H20N4O2/c19-14(13-2-1-7-20-13)17-6-5-11(8-17)18-9-12(15-16-18)10-3-4-10/h9-11,13H,1-8H2/t11-,13+/m0/s1. The molecule has 6 heteroatoms. The minimum atomic E-state index is -0.202. The molecule has 4 rings (SSSR count). The van der Waals surface area contributed by atoms with Gasteiger partial charge in [0.15, 0.2) is 0 Å². The van der Waals surface area contributed by atoms with Gasteiger partial charge in [0.1, 0.15) is 6.10 Å². The first-order valence-electron chi connectivity index (χ1n) is 7.63. The van der Waals surface area contributed by atoms with Crippen LogP contribution >= 0.6 is 0 Å². The number of rotatable bonds is 3. The van der Waals surface area contributed by atoms with E-state index in [1.165, 1.54) is 12.8 Å². The molecule has 0 aromatic carbocycles. The molecule has 6 nitrogen and oxygen atoms in total. The predicted octanol–water partition coefficient (Wildman–Crippen LogP) is 1.11. The lowest BCUT2D eigenvalue weighted by atomic mass is 10.2. The van der Waals surface area contributed by atoms with Crippen molar-refractivity contribution in [1.82, 2.24) is 19.9 Å². The molecule has 1 aromatic rings. The first kappa shape index (κ1) is 12.3. The molecule has 2 saturated heterocycles. The van der Waals surface area contributed by atoms with Crippen LogP contribution in [0, 0.1) is 0 Å². The summed E-state index contributed by atoms with van der Waals surface area (Å²) >= 11 is 0. The summed E-state index contributed by atoms with van der Waals surface area (Å²) < 4.78 is 7.44. The SMILES string of the molecule is O=C([C@H]1CCCO1)N1CC[C@H](n2cc(C3CC3)nn2)C1. The van der Waals surface area contributed by atoms with Crippen LogP contribution in [0.15, 0.2) is 6.20 Å². The van der Waals surface area contributed by atoms with E-state index >= 15 is 0 Å². The van der Waals surface area contributed by atoms with Crippen LogP contribution < -0.4 is 0 Å². The van der Waals surface area contributed by atoms with Gasteiger partial charge >= 0.3 is 0 Å². The molecule has 0 radical (unpaired) electrons. The molecule has 3 fully saturated rings. The van der Waals surface area contributed by atoms with Crippen molar-refractivity contribution in [2.75, 3.05) is 19.7 Å². The van der Waals surface area contributed by atoms with Gasteiger partial charge in [-0.1, -0.05) is 5.21 Å². The summed E-state index contributed by atoms with van der Waals surface area (Å²) in [4.78, 5) is 14.2. The van der Waals surface area contributed by atoms with Crippen LogP contribution in [0.2, 0.25) is 0 Å². The van der Waals surface area contributed by atoms with E-state index in [4.69, 9.17) is 4.74 Å². The second-order valence-electron chi connectivity index (χ2n) is 6.13. The normalized spacial score (nSPS) is 30.1. The van der Waals surface area contributed by atoms with E-state index in [-0.39, 0.29) is 18.1 Å². The highest BCUT2D eigenvalue weighted by Gasteiger charge is 2.34. The third-order valence-corrected chi connectivity index (χ3v) is 4.58. The van der Waals surface area contributed by atoms with Crippen molar-refractivity contribution < 1.29 is 9.53 Å². The van der Waals surface area contributed by atoms with E-state index in [1.54, 1.807) is 0 Å². The molecule has 3 heterocycles. The summed E-state index contributed by atoms with van der Waals surface area (Å²) in [7, 11) is 0. The minimum Gasteiger partial charge on any atom is -0.368 e. The van der Waals surface area contributed by atoms with Crippen LogP contribution in [0.25, 0.3) is 0 Å². The molecule has 2 atom stereocenters. The second-order valence-corrected chi connectivity index (χ2v) is 6.13. The van der Waals surface area contributed by atoms with Crippen LogP contribution in [-0.4, -0.2) is 51.6 Å². The van der Waals surface area contributed by atoms with Gasteiger partial charge in [-0.2, -0.15) is 0 Å². The van der Waals surface area contributed by atoms with Crippen LogP contribution in [0.5, 0.6) is 0 Å². The van der Waals surface area contributed by atoms with Gasteiger partial charge in [-0.15, -0.1) is 5.10 Å². The van der Waals surface area contributed by atoms with Crippen LogP contribution in [-0.2, 0) is 9.53 Å². The first-order chi connectivity index (χ1) is 9.81. The Bertz CT molecular complexity index is 505. The van der Waals surface area contributed by atoms with Crippen molar-refractivity contribution in [3.05, 3.63) is 11.9 Å². The molecule has 1 amide bonds. The average Bonchev–Trinajstić information content (AvgIpc) is 2.98. The minimum absolute atomic E-state index is 0.160. The van der Waals surface area contributed by atoms with E-state index in [9.17, 15) is 4.79 Å². The Kier molecular flexibility index (Phi) is 2.98. The van der Waals surface area contributed by atoms with E-state index in [0.717, 1.165) is 44.7 Å². The van der Waals surface area contributed by atoms with Crippen LogP contribution in [0.4, 0.5) is 0 Å². The predicted molar refractivity (Wildman–Crippen MR) is 71.2 cm³/mol. The van der Waals surface area contributed by atoms with Crippen LogP contribution in [0.3, 0.4) is 0 Å². The molecule has 108 valence electrons. The average molecular weight is 276 g/mol. The van der Waals surface area contributed by atoms with Gasteiger partial charge in [-0.3, -0.25) is 4.79 Å². The number of hydrogen-bond acceptors (Lipinski definition) is 4. The van der Waals surface area contributed by atoms with E-state index < -0.39 is 0 Å². The summed E-state index contributed by atoms with van der Waals surface area (Å²) in [5.74, 6) is 0.794. The molecule has 1 saturated carbocycles. The molecule has 1 aliphatic carbocycles. The number of ether oxygens (including phenoxy) is 1. The molecule has 2 aliphatic heterocycles. The Morgan fingerprint density at radius 2 is 2.20 bits per heavy atom. The zero-order valence-electron chi connectivity index (χ0n) is 11.6. The Labute approximate surface area is 118 Å². The van der Waals surface area contributed by atoms with Crippen molar-refractivity contribution in [3.8, 4) is 0 Å². The highest BCUT2D eigenvalue weighted by Crippen LogP contribution is 2.39. The molecule has 0 bridgehead atoms. The summed E-state index contributed by atoms with van der Waals surface area (Å²) in [6, 6.07) is 0.278. The number of carbonyl (C=O) groups is 1. The van der Waals surface area contributed by atoms with Gasteiger partial charge in [0.05, 0.1) is 11.7 Å². The van der Waals surface area contributed by atoms with E-state index in [1.807, 2.05) is 9.58 Å². The Morgan fingerprint density at radius 3 is 2.95 bits per heavy atom. The number of aromatic nitrogens is 3. The maximum atomic E-state index is 12.3. The number of likely N-dealkylation sites (tertiary alicyclic amines) is 1. The molecule has 0 N–H and O–H groups in total. The highest BCUT2D eigenvalue weighted by atomic mass is 16.5. The summed E-state index contributed by atoms with van der Waals surface area (Å²) in [5, 5.41) is 8.50. The Morgan fingerprint density at radius 1 is 1.30 bits per heavy atom. The monoisotopic (exact) mass is 276 g/mol. The Hall–Kier alpha value is -1.43. The van der Waals surface area contributed by atoms with Crippen LogP contribution in [0.1, 0.15) is 49.8 Å². The topological polar surface area (TPSA) is 60.2 Å². The van der Waals surface area contributed by atoms with Gasteiger partial charge in [-0.25, -0.2) is 4.68 Å². The van der Waals surface area contributed by atoms with Crippen molar-refractivity contribution in [2.45, 2.75) is 50.2 Å². The highest BCUT2D eigenvalue weighted by molar-refractivity contribution is 5.81. The molecule has 3 aliphatic rings. The lowest BCUT2D eigenvalue weighted by Gasteiger charge is -2.19. The lowest BCUT2D eigenvalue weighted by Crippen LogP contribution is -2.37. The lowest BCUT2D eigenvalue weighted by molar-refractivity contribution is -0.139. The first-order valence-corrected chi connectivity index (χ1v) is 7.63. The third kappa shape index (κ3) is 2.22. The summed E-state index contributed by atoms with van der Waals surface area (Å²) in [6.07, 6.45) is 7.19. The Balaban J connectivity index is 1.40. The van der Waals surface area contributed by atoms with Gasteiger partial charge in [0, 0.05) is 31.8 Å². The molecule has 1 aromatic heterocycles. The molecule has 0 unspecified atom stereocenters. The van der Waals surface area contributed by atoms with Gasteiger partial charge in [0.25, 0.3) is 5.91 Å². The number of carbonyl (C=O) groups excluding carboxylic acids is 1. The third-order valence-electron chi connectivity index (χ3n) is 4.58. The van der Waals surface area contributed by atoms with Gasteiger partial charge in [-0.05, 0) is 32.1 Å². The summed E-state index contributed by atoms with van der Waals surface area (Å²) in [5.41, 5.74) is 1.12.